The van der Waals surface area contributed by atoms with Gasteiger partial charge in [0.1, 0.15) is 5.82 Å². The lowest BCUT2D eigenvalue weighted by atomic mass is 10.1. The zero-order valence-corrected chi connectivity index (χ0v) is 13.1. The summed E-state index contributed by atoms with van der Waals surface area (Å²) in [4.78, 5) is 12.1. The average molecular weight is 316 g/mol. The highest BCUT2D eigenvalue weighted by Crippen LogP contribution is 2.40. The molecule has 0 aliphatic carbocycles. The molecule has 0 bridgehead atoms. The minimum absolute atomic E-state index is 0.234. The second-order valence-electron chi connectivity index (χ2n) is 4.63. The highest BCUT2D eigenvalue weighted by Gasteiger charge is 2.14. The lowest BCUT2D eigenvalue weighted by molar-refractivity contribution is 0.104. The van der Waals surface area contributed by atoms with Crippen LogP contribution in [0.2, 0.25) is 0 Å². The van der Waals surface area contributed by atoms with Crippen LogP contribution in [-0.4, -0.2) is 27.1 Å². The van der Waals surface area contributed by atoms with Gasteiger partial charge >= 0.3 is 0 Å². The van der Waals surface area contributed by atoms with Crippen LogP contribution < -0.4 is 14.2 Å². The fourth-order valence-corrected chi connectivity index (χ4v) is 2.13. The van der Waals surface area contributed by atoms with Gasteiger partial charge in [-0.1, -0.05) is 0 Å². The fraction of sp³-hybridized carbons (Fsp3) is 0.167. The number of ether oxygens (including phenoxy) is 3. The van der Waals surface area contributed by atoms with E-state index in [1.807, 2.05) is 0 Å². The van der Waals surface area contributed by atoms with Gasteiger partial charge in [-0.3, -0.25) is 4.79 Å². The van der Waals surface area contributed by atoms with Crippen LogP contribution in [0.4, 0.5) is 4.39 Å². The molecule has 0 aromatic heterocycles. The number of halogens is 1. The van der Waals surface area contributed by atoms with E-state index >= 15 is 0 Å². The average Bonchev–Trinajstić information content (AvgIpc) is 2.59. The van der Waals surface area contributed by atoms with Crippen LogP contribution in [0, 0.1) is 5.82 Å². The summed E-state index contributed by atoms with van der Waals surface area (Å²) in [7, 11) is 4.55. The van der Waals surface area contributed by atoms with Crippen LogP contribution in [0.1, 0.15) is 15.9 Å². The number of methoxy groups -OCH3 is 3. The molecule has 0 atom stereocenters. The summed E-state index contributed by atoms with van der Waals surface area (Å²) in [5.74, 6) is 0.835. The molecule has 2 rings (SSSR count). The van der Waals surface area contributed by atoms with Crippen LogP contribution in [0.25, 0.3) is 6.08 Å². The Balaban J connectivity index is 2.32. The summed E-state index contributed by atoms with van der Waals surface area (Å²) in [5.41, 5.74) is 1.07. The highest BCUT2D eigenvalue weighted by atomic mass is 19.1. The normalized spacial score (nSPS) is 10.6. The number of hydrogen-bond donors (Lipinski definition) is 0. The first kappa shape index (κ1) is 16.5. The van der Waals surface area contributed by atoms with Gasteiger partial charge in [-0.05, 0) is 48.6 Å². The Morgan fingerprint density at radius 1 is 0.913 bits per heavy atom. The van der Waals surface area contributed by atoms with Gasteiger partial charge in [-0.15, -0.1) is 0 Å². The predicted octanol–water partition coefficient (Wildman–Crippen LogP) is 3.75. The predicted molar refractivity (Wildman–Crippen MR) is 85.9 cm³/mol. The van der Waals surface area contributed by atoms with Crippen LogP contribution >= 0.6 is 0 Å². The molecule has 2 aromatic carbocycles. The first-order chi connectivity index (χ1) is 11.1. The maximum atomic E-state index is 12.9. The van der Waals surface area contributed by atoms with E-state index in [2.05, 4.69) is 0 Å². The molecule has 0 saturated heterocycles. The molecule has 0 heterocycles. The lowest BCUT2D eigenvalue weighted by Gasteiger charge is -2.13. The van der Waals surface area contributed by atoms with E-state index in [9.17, 15) is 9.18 Å². The number of hydrogen-bond acceptors (Lipinski definition) is 4. The van der Waals surface area contributed by atoms with Gasteiger partial charge in [0.2, 0.25) is 5.75 Å². The Labute approximate surface area is 134 Å². The molecule has 2 aromatic rings. The molecular weight excluding hydrogens is 299 g/mol. The van der Waals surface area contributed by atoms with Crippen LogP contribution in [-0.2, 0) is 0 Å². The smallest absolute Gasteiger partial charge is 0.203 e. The number of benzene rings is 2. The largest absolute Gasteiger partial charge is 0.493 e. The zero-order valence-electron chi connectivity index (χ0n) is 13.1. The van der Waals surface area contributed by atoms with E-state index in [1.54, 1.807) is 18.2 Å². The van der Waals surface area contributed by atoms with Crippen LogP contribution in [0.15, 0.2) is 42.5 Å². The van der Waals surface area contributed by atoms with Gasteiger partial charge < -0.3 is 14.2 Å². The molecule has 0 aliphatic heterocycles. The summed E-state index contributed by atoms with van der Waals surface area (Å²) in [5, 5.41) is 0. The Bertz CT molecular complexity index is 721. The van der Waals surface area contributed by atoms with Gasteiger partial charge in [0.15, 0.2) is 17.3 Å². The van der Waals surface area contributed by atoms with Crippen molar-refractivity contribution in [2.45, 2.75) is 0 Å². The molecule has 0 aliphatic rings. The van der Waals surface area contributed by atoms with Crippen LogP contribution in [0.5, 0.6) is 17.2 Å². The number of carbonyl (C=O) groups excluding carboxylic acids is 1. The maximum absolute atomic E-state index is 12.9. The summed E-state index contributed by atoms with van der Waals surface area (Å²) >= 11 is 0. The van der Waals surface area contributed by atoms with E-state index in [0.29, 0.717) is 28.4 Å². The van der Waals surface area contributed by atoms with Crippen molar-refractivity contribution < 1.29 is 23.4 Å². The molecule has 0 N–H and O–H groups in total. The van der Waals surface area contributed by atoms with E-state index in [0.717, 1.165) is 0 Å². The summed E-state index contributed by atoms with van der Waals surface area (Å²) in [6, 6.07) is 8.86. The van der Waals surface area contributed by atoms with E-state index < -0.39 is 0 Å². The Morgan fingerprint density at radius 3 is 2.13 bits per heavy atom. The Morgan fingerprint density at radius 2 is 1.57 bits per heavy atom. The summed E-state index contributed by atoms with van der Waals surface area (Å²) < 4.78 is 28.7. The topological polar surface area (TPSA) is 44.8 Å². The number of carbonyl (C=O) groups is 1. The van der Waals surface area contributed by atoms with Crippen molar-refractivity contribution >= 4 is 11.9 Å². The molecule has 4 nitrogen and oxygen atoms in total. The third-order valence-corrected chi connectivity index (χ3v) is 3.28. The second kappa shape index (κ2) is 7.45. The number of rotatable bonds is 6. The van der Waals surface area contributed by atoms with Crippen molar-refractivity contribution in [2.24, 2.45) is 0 Å². The third-order valence-electron chi connectivity index (χ3n) is 3.28. The number of allylic oxidation sites excluding steroid dienone is 1. The van der Waals surface area contributed by atoms with Gasteiger partial charge in [-0.25, -0.2) is 4.39 Å². The van der Waals surface area contributed by atoms with Crippen molar-refractivity contribution in [3.8, 4) is 17.2 Å². The van der Waals surface area contributed by atoms with Crippen molar-refractivity contribution in [1.29, 1.82) is 0 Å². The molecule has 23 heavy (non-hydrogen) atoms. The molecule has 0 spiro atoms. The van der Waals surface area contributed by atoms with Gasteiger partial charge in [0, 0.05) is 11.1 Å². The molecule has 0 radical (unpaired) electrons. The molecule has 0 saturated carbocycles. The minimum Gasteiger partial charge on any atom is -0.493 e. The van der Waals surface area contributed by atoms with Gasteiger partial charge in [0.05, 0.1) is 21.3 Å². The molecule has 120 valence electrons. The van der Waals surface area contributed by atoms with Crippen molar-refractivity contribution in [1.82, 2.24) is 0 Å². The standard InChI is InChI=1S/C18H17FO4/c1-21-16-11-7-13(17(22-2)18(16)23-3)6-10-15(20)12-4-8-14(19)9-5-12/h4-11H,1-3H3/b10-6+. The van der Waals surface area contributed by atoms with Crippen molar-refractivity contribution in [2.75, 3.05) is 21.3 Å². The summed E-state index contributed by atoms with van der Waals surface area (Å²) in [6.07, 6.45) is 3.02. The molecule has 5 heteroatoms. The maximum Gasteiger partial charge on any atom is 0.203 e. The van der Waals surface area contributed by atoms with E-state index in [1.165, 1.54) is 51.7 Å². The first-order valence-corrected chi connectivity index (χ1v) is 6.87. The molecule has 0 unspecified atom stereocenters. The van der Waals surface area contributed by atoms with Gasteiger partial charge in [-0.2, -0.15) is 0 Å². The van der Waals surface area contributed by atoms with E-state index in [-0.39, 0.29) is 11.6 Å². The SMILES string of the molecule is COc1ccc(/C=C/C(=O)c2ccc(F)cc2)c(OC)c1OC. The second-order valence-corrected chi connectivity index (χ2v) is 4.63. The summed E-state index contributed by atoms with van der Waals surface area (Å²) in [6.45, 7) is 0. The Kier molecular flexibility index (Phi) is 5.36. The third kappa shape index (κ3) is 3.69. The number of ketones is 1. The highest BCUT2D eigenvalue weighted by molar-refractivity contribution is 6.07. The lowest BCUT2D eigenvalue weighted by Crippen LogP contribution is -1.97. The van der Waals surface area contributed by atoms with Crippen molar-refractivity contribution in [3.63, 3.8) is 0 Å². The molecule has 0 fully saturated rings. The monoisotopic (exact) mass is 316 g/mol. The molecule has 0 amide bonds. The van der Waals surface area contributed by atoms with Crippen molar-refractivity contribution in [3.05, 3.63) is 59.4 Å². The fourth-order valence-electron chi connectivity index (χ4n) is 2.13. The minimum atomic E-state index is -0.382. The first-order valence-electron chi connectivity index (χ1n) is 6.87. The Hall–Kier alpha value is -2.82. The van der Waals surface area contributed by atoms with E-state index in [4.69, 9.17) is 14.2 Å². The quantitative estimate of drug-likeness (QED) is 0.601. The molecular formula is C18H17FO4. The zero-order chi connectivity index (χ0) is 16.8. The van der Waals surface area contributed by atoms with Gasteiger partial charge in [0.25, 0.3) is 0 Å². The van der Waals surface area contributed by atoms with Crippen LogP contribution in [0.3, 0.4) is 0 Å².